The molecule has 0 atom stereocenters. The van der Waals surface area contributed by atoms with Gasteiger partial charge >= 0.3 is 0 Å². The molecule has 0 saturated carbocycles. The van der Waals surface area contributed by atoms with Crippen molar-refractivity contribution >= 4 is 33.2 Å². The first-order chi connectivity index (χ1) is 15.2. The highest BCUT2D eigenvalue weighted by atomic mass is 32.2. The predicted octanol–water partition coefficient (Wildman–Crippen LogP) is 4.43. The van der Waals surface area contributed by atoms with Crippen LogP contribution in [0.25, 0.3) is 0 Å². The number of rotatable bonds is 9. The SMILES string of the molecule is CCn1c(CS(=O)(=O)c2ccc(C)cc2)nnc1SCC(=O)Nc1ccccc1C(C)C. The monoisotopic (exact) mass is 472 g/mol. The number of sulfone groups is 1. The number of amides is 1. The lowest BCUT2D eigenvalue weighted by atomic mass is 10.0. The number of hydrogen-bond donors (Lipinski definition) is 1. The fraction of sp³-hybridized carbons (Fsp3) is 0.348. The van der Waals surface area contributed by atoms with Gasteiger partial charge in [0.05, 0.1) is 10.6 Å². The van der Waals surface area contributed by atoms with Crippen molar-refractivity contribution in [3.63, 3.8) is 0 Å². The van der Waals surface area contributed by atoms with Crippen molar-refractivity contribution in [1.82, 2.24) is 14.8 Å². The van der Waals surface area contributed by atoms with Gasteiger partial charge in [0.2, 0.25) is 5.91 Å². The number of anilines is 1. The quantitative estimate of drug-likeness (QED) is 0.463. The van der Waals surface area contributed by atoms with E-state index in [1.807, 2.05) is 38.1 Å². The molecule has 2 aromatic carbocycles. The lowest BCUT2D eigenvalue weighted by Crippen LogP contribution is -2.16. The molecule has 9 heteroatoms. The van der Waals surface area contributed by atoms with Crippen LogP contribution in [-0.4, -0.2) is 34.8 Å². The van der Waals surface area contributed by atoms with Crippen molar-refractivity contribution in [2.24, 2.45) is 0 Å². The van der Waals surface area contributed by atoms with E-state index in [0.717, 1.165) is 16.8 Å². The second kappa shape index (κ2) is 10.3. The van der Waals surface area contributed by atoms with E-state index < -0.39 is 9.84 Å². The van der Waals surface area contributed by atoms with Gasteiger partial charge in [-0.3, -0.25) is 4.79 Å². The maximum Gasteiger partial charge on any atom is 0.234 e. The van der Waals surface area contributed by atoms with Crippen LogP contribution in [0.5, 0.6) is 0 Å². The zero-order chi connectivity index (χ0) is 23.3. The minimum absolute atomic E-state index is 0.148. The molecule has 0 spiro atoms. The van der Waals surface area contributed by atoms with E-state index >= 15 is 0 Å². The Hall–Kier alpha value is -2.65. The summed E-state index contributed by atoms with van der Waals surface area (Å²) in [5.41, 5.74) is 2.87. The normalized spacial score (nSPS) is 11.7. The van der Waals surface area contributed by atoms with Gasteiger partial charge in [-0.1, -0.05) is 61.5 Å². The van der Waals surface area contributed by atoms with Crippen LogP contribution in [0.4, 0.5) is 5.69 Å². The molecular formula is C23H28N4O3S2. The first-order valence-electron chi connectivity index (χ1n) is 10.4. The number of nitrogens with one attached hydrogen (secondary N) is 1. The van der Waals surface area contributed by atoms with Crippen LogP contribution in [-0.2, 0) is 26.9 Å². The molecule has 170 valence electrons. The Morgan fingerprint density at radius 2 is 1.78 bits per heavy atom. The molecule has 0 aliphatic rings. The van der Waals surface area contributed by atoms with E-state index in [0.29, 0.717) is 23.4 Å². The maximum absolute atomic E-state index is 12.8. The van der Waals surface area contributed by atoms with Crippen LogP contribution in [0.2, 0.25) is 0 Å². The molecule has 1 N–H and O–H groups in total. The zero-order valence-corrected chi connectivity index (χ0v) is 20.3. The van der Waals surface area contributed by atoms with Crippen molar-refractivity contribution in [3.05, 3.63) is 65.5 Å². The van der Waals surface area contributed by atoms with Crippen LogP contribution in [0.1, 0.15) is 43.6 Å². The molecule has 7 nitrogen and oxygen atoms in total. The summed E-state index contributed by atoms with van der Waals surface area (Å²) in [6.45, 7) is 8.47. The third-order valence-corrected chi connectivity index (χ3v) is 7.59. The average Bonchev–Trinajstić information content (AvgIpc) is 3.13. The van der Waals surface area contributed by atoms with Crippen LogP contribution in [0, 0.1) is 6.92 Å². The van der Waals surface area contributed by atoms with Crippen molar-refractivity contribution in [2.45, 2.75) is 56.0 Å². The lowest BCUT2D eigenvalue weighted by Gasteiger charge is -2.13. The van der Waals surface area contributed by atoms with Gasteiger partial charge in [-0.05, 0) is 43.5 Å². The molecule has 0 fully saturated rings. The number of aromatic nitrogens is 3. The van der Waals surface area contributed by atoms with E-state index in [4.69, 9.17) is 0 Å². The molecule has 3 rings (SSSR count). The number of thioether (sulfide) groups is 1. The summed E-state index contributed by atoms with van der Waals surface area (Å²) in [4.78, 5) is 12.8. The fourth-order valence-corrected chi connectivity index (χ4v) is 5.37. The number of carbonyl (C=O) groups is 1. The topological polar surface area (TPSA) is 93.9 Å². The molecule has 0 bridgehead atoms. The summed E-state index contributed by atoms with van der Waals surface area (Å²) < 4.78 is 27.3. The highest BCUT2D eigenvalue weighted by Crippen LogP contribution is 2.25. The minimum atomic E-state index is -3.55. The highest BCUT2D eigenvalue weighted by molar-refractivity contribution is 7.99. The molecule has 1 heterocycles. The van der Waals surface area contributed by atoms with Crippen LogP contribution < -0.4 is 5.32 Å². The van der Waals surface area contributed by atoms with Gasteiger partial charge in [0.1, 0.15) is 11.6 Å². The number of hydrogen-bond acceptors (Lipinski definition) is 6. The molecule has 0 radical (unpaired) electrons. The van der Waals surface area contributed by atoms with E-state index in [1.165, 1.54) is 11.8 Å². The average molecular weight is 473 g/mol. The van der Waals surface area contributed by atoms with Gasteiger partial charge in [-0.15, -0.1) is 10.2 Å². The number of carbonyl (C=O) groups excluding carboxylic acids is 1. The summed E-state index contributed by atoms with van der Waals surface area (Å²) >= 11 is 1.24. The zero-order valence-electron chi connectivity index (χ0n) is 18.7. The third kappa shape index (κ3) is 5.77. The van der Waals surface area contributed by atoms with Gasteiger partial charge in [-0.2, -0.15) is 0 Å². The van der Waals surface area contributed by atoms with Crippen molar-refractivity contribution in [1.29, 1.82) is 0 Å². The minimum Gasteiger partial charge on any atom is -0.325 e. The number of benzene rings is 2. The standard InChI is InChI=1S/C23H28N4O3S2/c1-5-27-21(15-32(29,30)18-12-10-17(4)11-13-18)25-26-23(27)31-14-22(28)24-20-9-7-6-8-19(20)16(2)3/h6-13,16H,5,14-15H2,1-4H3,(H,24,28). The summed E-state index contributed by atoms with van der Waals surface area (Å²) in [6.07, 6.45) is 0. The highest BCUT2D eigenvalue weighted by Gasteiger charge is 2.21. The van der Waals surface area contributed by atoms with Crippen molar-refractivity contribution in [2.75, 3.05) is 11.1 Å². The molecule has 0 unspecified atom stereocenters. The number of aryl methyl sites for hydroxylation is 1. The van der Waals surface area contributed by atoms with Gasteiger partial charge < -0.3 is 9.88 Å². The Kier molecular flexibility index (Phi) is 7.73. The molecule has 0 aliphatic carbocycles. The Morgan fingerprint density at radius 3 is 2.44 bits per heavy atom. The summed E-state index contributed by atoms with van der Waals surface area (Å²) in [5, 5.41) is 11.7. The second-order valence-corrected chi connectivity index (χ2v) is 10.7. The first kappa shape index (κ1) is 24.0. The van der Waals surface area contributed by atoms with Crippen molar-refractivity contribution in [3.8, 4) is 0 Å². The smallest absolute Gasteiger partial charge is 0.234 e. The Balaban J connectivity index is 1.69. The Labute approximate surface area is 193 Å². The van der Waals surface area contributed by atoms with E-state index in [2.05, 4.69) is 29.4 Å². The molecule has 3 aromatic rings. The van der Waals surface area contributed by atoms with Gasteiger partial charge in [0.15, 0.2) is 15.0 Å². The predicted molar refractivity (Wildman–Crippen MR) is 128 cm³/mol. The first-order valence-corrected chi connectivity index (χ1v) is 13.1. The molecular weight excluding hydrogens is 444 g/mol. The van der Waals surface area contributed by atoms with Crippen LogP contribution in [0.15, 0.2) is 58.6 Å². The van der Waals surface area contributed by atoms with E-state index in [9.17, 15) is 13.2 Å². The summed E-state index contributed by atoms with van der Waals surface area (Å²) in [5.74, 6) is 0.407. The molecule has 1 amide bonds. The lowest BCUT2D eigenvalue weighted by molar-refractivity contribution is -0.113. The van der Waals surface area contributed by atoms with E-state index in [1.54, 1.807) is 28.8 Å². The fourth-order valence-electron chi connectivity index (χ4n) is 3.28. The molecule has 0 saturated heterocycles. The van der Waals surface area contributed by atoms with Gasteiger partial charge in [0.25, 0.3) is 0 Å². The second-order valence-electron chi connectivity index (χ2n) is 7.79. The summed E-state index contributed by atoms with van der Waals surface area (Å²) in [6, 6.07) is 14.5. The maximum atomic E-state index is 12.8. The van der Waals surface area contributed by atoms with Crippen LogP contribution >= 0.6 is 11.8 Å². The van der Waals surface area contributed by atoms with Crippen molar-refractivity contribution < 1.29 is 13.2 Å². The van der Waals surface area contributed by atoms with Gasteiger partial charge in [-0.25, -0.2) is 8.42 Å². The molecule has 32 heavy (non-hydrogen) atoms. The van der Waals surface area contributed by atoms with Gasteiger partial charge in [0, 0.05) is 12.2 Å². The molecule has 1 aromatic heterocycles. The Morgan fingerprint density at radius 1 is 1.09 bits per heavy atom. The van der Waals surface area contributed by atoms with Crippen LogP contribution in [0.3, 0.4) is 0 Å². The number of para-hydroxylation sites is 1. The largest absolute Gasteiger partial charge is 0.325 e. The Bertz CT molecular complexity index is 1190. The number of nitrogens with zero attached hydrogens (tertiary/aromatic N) is 3. The molecule has 0 aliphatic heterocycles. The third-order valence-electron chi connectivity index (χ3n) is 5.00. The van der Waals surface area contributed by atoms with E-state index in [-0.39, 0.29) is 22.3 Å². The summed E-state index contributed by atoms with van der Waals surface area (Å²) in [7, 11) is -3.55.